The van der Waals surface area contributed by atoms with Gasteiger partial charge in [-0.1, -0.05) is 11.6 Å². The first-order chi connectivity index (χ1) is 7.97. The topological polar surface area (TPSA) is 72.7 Å². The van der Waals surface area contributed by atoms with Gasteiger partial charge in [-0.3, -0.25) is 15.0 Å². The van der Waals surface area contributed by atoms with Gasteiger partial charge in [-0.25, -0.2) is 4.79 Å². The lowest BCUT2D eigenvalue weighted by Crippen LogP contribution is -2.27. The predicted molar refractivity (Wildman–Crippen MR) is 63.5 cm³/mol. The van der Waals surface area contributed by atoms with Crippen molar-refractivity contribution >= 4 is 29.1 Å². The Morgan fingerprint density at radius 1 is 1.59 bits per heavy atom. The SMILES string of the molecule is CCOC(=O)N(C)c1cc(Cl)ccc1[N+](=O)[O-]. The molecule has 0 aliphatic rings. The standard InChI is InChI=1S/C10H11ClN2O4/c1-3-17-10(14)12(2)9-6-7(11)4-5-8(9)13(15)16/h4-6H,3H2,1-2H3. The van der Waals surface area contributed by atoms with E-state index in [4.69, 9.17) is 16.3 Å². The van der Waals surface area contributed by atoms with Crippen LogP contribution in [0.2, 0.25) is 5.02 Å². The number of carbonyl (C=O) groups is 1. The molecule has 0 aliphatic heterocycles. The van der Waals surface area contributed by atoms with Gasteiger partial charge in [0.1, 0.15) is 5.69 Å². The summed E-state index contributed by atoms with van der Waals surface area (Å²) >= 11 is 5.75. The van der Waals surface area contributed by atoms with Crippen molar-refractivity contribution in [3.63, 3.8) is 0 Å². The summed E-state index contributed by atoms with van der Waals surface area (Å²) in [5.41, 5.74) is -0.106. The molecule has 1 rings (SSSR count). The zero-order chi connectivity index (χ0) is 13.0. The number of amides is 1. The molecule has 0 atom stereocenters. The van der Waals surface area contributed by atoms with Gasteiger partial charge in [-0.15, -0.1) is 0 Å². The Balaban J connectivity index is 3.14. The molecule has 0 spiro atoms. The van der Waals surface area contributed by atoms with Crippen LogP contribution in [0.3, 0.4) is 0 Å². The molecule has 0 radical (unpaired) electrons. The predicted octanol–water partition coefficient (Wildman–Crippen LogP) is 2.84. The molecule has 0 bridgehead atoms. The number of rotatable bonds is 3. The molecule has 0 aromatic heterocycles. The van der Waals surface area contributed by atoms with E-state index in [1.165, 1.54) is 25.2 Å². The summed E-state index contributed by atoms with van der Waals surface area (Å²) in [5.74, 6) is 0. The highest BCUT2D eigenvalue weighted by molar-refractivity contribution is 6.31. The second-order valence-electron chi connectivity index (χ2n) is 3.15. The van der Waals surface area contributed by atoms with Crippen molar-refractivity contribution in [2.75, 3.05) is 18.6 Å². The summed E-state index contributed by atoms with van der Waals surface area (Å²) in [4.78, 5) is 22.7. The van der Waals surface area contributed by atoms with Crippen molar-refractivity contribution < 1.29 is 14.5 Å². The minimum atomic E-state index is -0.669. The van der Waals surface area contributed by atoms with Gasteiger partial charge in [0.05, 0.1) is 11.5 Å². The normalized spacial score (nSPS) is 9.82. The Morgan fingerprint density at radius 2 is 2.24 bits per heavy atom. The fourth-order valence-corrected chi connectivity index (χ4v) is 1.40. The molecule has 0 fully saturated rings. The number of nitrogens with zero attached hydrogens (tertiary/aromatic N) is 2. The number of hydrogen-bond donors (Lipinski definition) is 0. The van der Waals surface area contributed by atoms with Crippen LogP contribution in [0.1, 0.15) is 6.92 Å². The van der Waals surface area contributed by atoms with Crippen molar-refractivity contribution in [3.8, 4) is 0 Å². The highest BCUT2D eigenvalue weighted by Crippen LogP contribution is 2.30. The molecule has 1 aromatic carbocycles. The summed E-state index contributed by atoms with van der Waals surface area (Å²) in [5, 5.41) is 11.1. The van der Waals surface area contributed by atoms with E-state index in [1.54, 1.807) is 6.92 Å². The van der Waals surface area contributed by atoms with E-state index in [0.29, 0.717) is 5.02 Å². The largest absolute Gasteiger partial charge is 0.449 e. The maximum Gasteiger partial charge on any atom is 0.414 e. The van der Waals surface area contributed by atoms with Crippen LogP contribution in [0.25, 0.3) is 0 Å². The van der Waals surface area contributed by atoms with E-state index in [9.17, 15) is 14.9 Å². The number of benzene rings is 1. The van der Waals surface area contributed by atoms with Gasteiger partial charge in [0.15, 0.2) is 0 Å². The monoisotopic (exact) mass is 258 g/mol. The van der Waals surface area contributed by atoms with Crippen LogP contribution in [-0.4, -0.2) is 24.7 Å². The molecule has 1 amide bonds. The molecular weight excluding hydrogens is 248 g/mol. The van der Waals surface area contributed by atoms with Crippen molar-refractivity contribution in [2.45, 2.75) is 6.92 Å². The summed E-state index contributed by atoms with van der Waals surface area (Å²) in [6, 6.07) is 3.98. The van der Waals surface area contributed by atoms with E-state index >= 15 is 0 Å². The minimum Gasteiger partial charge on any atom is -0.449 e. The molecule has 0 unspecified atom stereocenters. The first kappa shape index (κ1) is 13.2. The molecular formula is C10H11ClN2O4. The molecule has 6 nitrogen and oxygen atoms in total. The van der Waals surface area contributed by atoms with Gasteiger partial charge in [0.25, 0.3) is 5.69 Å². The molecule has 17 heavy (non-hydrogen) atoms. The smallest absolute Gasteiger partial charge is 0.414 e. The third-order valence-corrected chi connectivity index (χ3v) is 2.27. The Hall–Kier alpha value is -1.82. The lowest BCUT2D eigenvalue weighted by atomic mass is 10.2. The Labute approximate surface area is 103 Å². The average Bonchev–Trinajstić information content (AvgIpc) is 2.27. The van der Waals surface area contributed by atoms with E-state index in [0.717, 1.165) is 4.90 Å². The van der Waals surface area contributed by atoms with Crippen LogP contribution >= 0.6 is 11.6 Å². The summed E-state index contributed by atoms with van der Waals surface area (Å²) < 4.78 is 4.75. The van der Waals surface area contributed by atoms with Crippen LogP contribution < -0.4 is 4.90 Å². The van der Waals surface area contributed by atoms with Crippen LogP contribution in [0.4, 0.5) is 16.2 Å². The molecule has 0 aliphatic carbocycles. The summed E-state index contributed by atoms with van der Waals surface area (Å²) in [7, 11) is 1.39. The van der Waals surface area contributed by atoms with Crippen LogP contribution in [0.15, 0.2) is 18.2 Å². The molecule has 0 heterocycles. The van der Waals surface area contributed by atoms with E-state index in [1.807, 2.05) is 0 Å². The van der Waals surface area contributed by atoms with E-state index < -0.39 is 11.0 Å². The van der Waals surface area contributed by atoms with Crippen LogP contribution in [0.5, 0.6) is 0 Å². The number of halogens is 1. The minimum absolute atomic E-state index is 0.0981. The molecule has 0 saturated carbocycles. The fraction of sp³-hybridized carbons (Fsp3) is 0.300. The average molecular weight is 259 g/mol. The third-order valence-electron chi connectivity index (χ3n) is 2.04. The van der Waals surface area contributed by atoms with Gasteiger partial charge >= 0.3 is 6.09 Å². The highest BCUT2D eigenvalue weighted by Gasteiger charge is 2.22. The first-order valence-electron chi connectivity index (χ1n) is 4.81. The Morgan fingerprint density at radius 3 is 2.76 bits per heavy atom. The van der Waals surface area contributed by atoms with Gasteiger partial charge in [-0.05, 0) is 19.1 Å². The van der Waals surface area contributed by atoms with E-state index in [2.05, 4.69) is 0 Å². The second kappa shape index (κ2) is 5.49. The molecule has 0 N–H and O–H groups in total. The Kier molecular flexibility index (Phi) is 4.28. The molecule has 0 saturated heterocycles. The number of nitro benzene ring substituents is 1. The van der Waals surface area contributed by atoms with Gasteiger partial charge in [0.2, 0.25) is 0 Å². The van der Waals surface area contributed by atoms with Gasteiger partial charge in [0, 0.05) is 18.1 Å². The van der Waals surface area contributed by atoms with Gasteiger partial charge in [-0.2, -0.15) is 0 Å². The number of hydrogen-bond acceptors (Lipinski definition) is 4. The summed E-state index contributed by atoms with van der Waals surface area (Å²) in [6.07, 6.45) is -0.669. The van der Waals surface area contributed by atoms with E-state index in [-0.39, 0.29) is 18.0 Å². The number of carbonyl (C=O) groups excluding carboxylic acids is 1. The highest BCUT2D eigenvalue weighted by atomic mass is 35.5. The quantitative estimate of drug-likeness (QED) is 0.617. The maximum absolute atomic E-state index is 11.5. The lowest BCUT2D eigenvalue weighted by molar-refractivity contribution is -0.384. The third kappa shape index (κ3) is 3.07. The lowest BCUT2D eigenvalue weighted by Gasteiger charge is -2.16. The fourth-order valence-electron chi connectivity index (χ4n) is 1.24. The number of nitro groups is 1. The second-order valence-corrected chi connectivity index (χ2v) is 3.58. The molecule has 1 aromatic rings. The van der Waals surface area contributed by atoms with Crippen LogP contribution in [0, 0.1) is 10.1 Å². The molecule has 7 heteroatoms. The van der Waals surface area contributed by atoms with Crippen molar-refractivity contribution in [1.29, 1.82) is 0 Å². The molecule has 92 valence electrons. The van der Waals surface area contributed by atoms with Crippen LogP contribution in [-0.2, 0) is 4.74 Å². The first-order valence-corrected chi connectivity index (χ1v) is 5.19. The summed E-state index contributed by atoms with van der Waals surface area (Å²) in [6.45, 7) is 1.84. The number of ether oxygens (including phenoxy) is 1. The van der Waals surface area contributed by atoms with Crippen molar-refractivity contribution in [2.24, 2.45) is 0 Å². The zero-order valence-electron chi connectivity index (χ0n) is 9.34. The Bertz CT molecular complexity index is 450. The zero-order valence-corrected chi connectivity index (χ0v) is 10.1. The van der Waals surface area contributed by atoms with Crippen molar-refractivity contribution in [1.82, 2.24) is 0 Å². The van der Waals surface area contributed by atoms with Gasteiger partial charge < -0.3 is 4.74 Å². The maximum atomic E-state index is 11.5. The number of anilines is 1. The van der Waals surface area contributed by atoms with Crippen molar-refractivity contribution in [3.05, 3.63) is 33.3 Å².